The number of rotatable bonds is 3. The third kappa shape index (κ3) is 4.22. The van der Waals surface area contributed by atoms with Crippen molar-refractivity contribution in [2.75, 3.05) is 31.1 Å². The van der Waals surface area contributed by atoms with Gasteiger partial charge in [0.15, 0.2) is 0 Å². The number of nitriles is 1. The minimum atomic E-state index is -0.516. The Kier molecular flexibility index (Phi) is 5.97. The van der Waals surface area contributed by atoms with E-state index in [9.17, 15) is 14.4 Å². The fourth-order valence-electron chi connectivity index (χ4n) is 3.22. The molecular weight excluding hydrogens is 411 g/mol. The number of hydrogen-bond donors (Lipinski definition) is 1. The maximum atomic E-state index is 13.8. The van der Waals surface area contributed by atoms with Crippen molar-refractivity contribution >= 4 is 27.6 Å². The second-order valence-corrected chi connectivity index (χ2v) is 7.27. The van der Waals surface area contributed by atoms with Crippen molar-refractivity contribution in [2.24, 2.45) is 0 Å². The first-order valence-electron chi connectivity index (χ1n) is 8.74. The predicted molar refractivity (Wildman–Crippen MR) is 106 cm³/mol. The molecule has 1 atom stereocenters. The summed E-state index contributed by atoms with van der Waals surface area (Å²) in [6, 6.07) is 14.1. The molecule has 0 radical (unpaired) electrons. The lowest BCUT2D eigenvalue weighted by atomic mass is 10.1. The van der Waals surface area contributed by atoms with Crippen molar-refractivity contribution in [1.82, 2.24) is 10.2 Å². The average molecular weight is 431 g/mol. The van der Waals surface area contributed by atoms with E-state index in [1.165, 1.54) is 6.07 Å². The Balaban J connectivity index is 1.61. The van der Waals surface area contributed by atoms with Crippen molar-refractivity contribution in [3.63, 3.8) is 0 Å². The fraction of sp³-hybridized carbons (Fsp3) is 0.300. The molecule has 1 heterocycles. The number of halogens is 2. The van der Waals surface area contributed by atoms with E-state index in [1.54, 1.807) is 17.0 Å². The number of carbonyl (C=O) groups is 1. The monoisotopic (exact) mass is 430 g/mol. The van der Waals surface area contributed by atoms with Gasteiger partial charge in [0, 0.05) is 30.7 Å². The Hall–Kier alpha value is -2.59. The van der Waals surface area contributed by atoms with Crippen LogP contribution in [0.15, 0.2) is 46.9 Å². The molecule has 0 spiro atoms. The molecule has 1 saturated heterocycles. The molecule has 3 rings (SSSR count). The minimum absolute atomic E-state index is 0.0537. The van der Waals surface area contributed by atoms with Gasteiger partial charge in [0.05, 0.1) is 11.7 Å². The number of amides is 2. The number of urea groups is 1. The van der Waals surface area contributed by atoms with Crippen molar-refractivity contribution in [1.29, 1.82) is 5.26 Å². The van der Waals surface area contributed by atoms with Crippen molar-refractivity contribution < 1.29 is 9.18 Å². The number of carbonyl (C=O) groups excluding carboxylic acids is 1. The summed E-state index contributed by atoms with van der Waals surface area (Å²) in [7, 11) is 0. The van der Waals surface area contributed by atoms with Gasteiger partial charge in [0.25, 0.3) is 0 Å². The molecule has 0 saturated carbocycles. The summed E-state index contributed by atoms with van der Waals surface area (Å²) in [5.74, 6) is -0.516. The van der Waals surface area contributed by atoms with Gasteiger partial charge in [-0.1, -0.05) is 40.2 Å². The molecule has 1 aliphatic rings. The van der Waals surface area contributed by atoms with E-state index in [4.69, 9.17) is 0 Å². The quantitative estimate of drug-likeness (QED) is 0.798. The zero-order chi connectivity index (χ0) is 19.4. The van der Waals surface area contributed by atoms with E-state index in [0.29, 0.717) is 31.9 Å². The number of nitrogens with one attached hydrogen (secondary N) is 1. The summed E-state index contributed by atoms with van der Waals surface area (Å²) in [5, 5.41) is 12.2. The summed E-state index contributed by atoms with van der Waals surface area (Å²) in [6.45, 7) is 4.07. The van der Waals surface area contributed by atoms with Crippen LogP contribution in [0.5, 0.6) is 0 Å². The summed E-state index contributed by atoms with van der Waals surface area (Å²) >= 11 is 3.51. The average Bonchev–Trinajstić information content (AvgIpc) is 2.68. The van der Waals surface area contributed by atoms with Gasteiger partial charge in [-0.05, 0) is 30.7 Å². The fourth-order valence-corrected chi connectivity index (χ4v) is 3.85. The third-order valence-electron chi connectivity index (χ3n) is 4.72. The van der Waals surface area contributed by atoms with Crippen LogP contribution in [0.25, 0.3) is 0 Å². The molecule has 1 aliphatic heterocycles. The lowest BCUT2D eigenvalue weighted by Crippen LogP contribution is -2.52. The van der Waals surface area contributed by atoms with E-state index >= 15 is 0 Å². The number of anilines is 1. The topological polar surface area (TPSA) is 59.4 Å². The molecular formula is C20H20BrFN4O. The first kappa shape index (κ1) is 19.2. The first-order chi connectivity index (χ1) is 13.0. The maximum absolute atomic E-state index is 13.8. The summed E-state index contributed by atoms with van der Waals surface area (Å²) in [6.07, 6.45) is 0. The van der Waals surface area contributed by atoms with Crippen LogP contribution in [-0.4, -0.2) is 37.1 Å². The highest BCUT2D eigenvalue weighted by molar-refractivity contribution is 9.10. The molecule has 0 aromatic heterocycles. The van der Waals surface area contributed by atoms with E-state index in [-0.39, 0.29) is 17.6 Å². The molecule has 27 heavy (non-hydrogen) atoms. The molecule has 1 unspecified atom stereocenters. The maximum Gasteiger partial charge on any atom is 0.317 e. The standard InChI is InChI=1S/C20H20BrFN4O/c1-14(15-5-2-3-6-17(15)21)24-20(27)26-11-9-25(10-12-26)19-8-4-7-18(22)16(19)13-23/h2-8,14H,9-12H2,1H3,(H,24,27). The van der Waals surface area contributed by atoms with Crippen LogP contribution >= 0.6 is 15.9 Å². The number of benzene rings is 2. The molecule has 140 valence electrons. The third-order valence-corrected chi connectivity index (χ3v) is 5.44. The zero-order valence-electron chi connectivity index (χ0n) is 15.0. The van der Waals surface area contributed by atoms with E-state index in [2.05, 4.69) is 21.2 Å². The molecule has 7 heteroatoms. The van der Waals surface area contributed by atoms with Crippen LogP contribution in [0.4, 0.5) is 14.9 Å². The lowest BCUT2D eigenvalue weighted by molar-refractivity contribution is 0.191. The number of nitrogens with zero attached hydrogens (tertiary/aromatic N) is 3. The molecule has 0 aliphatic carbocycles. The smallest absolute Gasteiger partial charge is 0.317 e. The van der Waals surface area contributed by atoms with Gasteiger partial charge in [-0.3, -0.25) is 0 Å². The molecule has 1 fully saturated rings. The van der Waals surface area contributed by atoms with Crippen LogP contribution < -0.4 is 10.2 Å². The van der Waals surface area contributed by atoms with Gasteiger partial charge in [-0.2, -0.15) is 5.26 Å². The first-order valence-corrected chi connectivity index (χ1v) is 9.54. The predicted octanol–water partition coefficient (Wildman–Crippen LogP) is 4.05. The molecule has 1 N–H and O–H groups in total. The highest BCUT2D eigenvalue weighted by Gasteiger charge is 2.24. The molecule has 2 aromatic carbocycles. The molecule has 0 bridgehead atoms. The van der Waals surface area contributed by atoms with Gasteiger partial charge >= 0.3 is 6.03 Å². The van der Waals surface area contributed by atoms with E-state index in [0.717, 1.165) is 10.0 Å². The summed E-state index contributed by atoms with van der Waals surface area (Å²) < 4.78 is 14.8. The van der Waals surface area contributed by atoms with Crippen LogP contribution in [0.2, 0.25) is 0 Å². The highest BCUT2D eigenvalue weighted by atomic mass is 79.9. The Morgan fingerprint density at radius 2 is 1.89 bits per heavy atom. The number of hydrogen-bond acceptors (Lipinski definition) is 3. The van der Waals surface area contributed by atoms with Gasteiger partial charge < -0.3 is 15.1 Å². The van der Waals surface area contributed by atoms with E-state index < -0.39 is 5.82 Å². The van der Waals surface area contributed by atoms with Crippen LogP contribution in [-0.2, 0) is 0 Å². The van der Waals surface area contributed by atoms with Gasteiger partial charge in [-0.25, -0.2) is 9.18 Å². The highest BCUT2D eigenvalue weighted by Crippen LogP contribution is 2.25. The Morgan fingerprint density at radius 1 is 1.19 bits per heavy atom. The van der Waals surface area contributed by atoms with Crippen LogP contribution in [0.3, 0.4) is 0 Å². The summed E-state index contributed by atoms with van der Waals surface area (Å²) in [5.41, 5.74) is 1.65. The lowest BCUT2D eigenvalue weighted by Gasteiger charge is -2.37. The second kappa shape index (κ2) is 8.40. The Bertz CT molecular complexity index is 875. The Labute approximate surface area is 166 Å². The van der Waals surface area contributed by atoms with Crippen LogP contribution in [0, 0.1) is 17.1 Å². The van der Waals surface area contributed by atoms with Gasteiger partial charge in [-0.15, -0.1) is 0 Å². The summed E-state index contributed by atoms with van der Waals surface area (Å²) in [4.78, 5) is 16.3. The SMILES string of the molecule is CC(NC(=O)N1CCN(c2cccc(F)c2C#N)CC1)c1ccccc1Br. The van der Waals surface area contributed by atoms with Crippen molar-refractivity contribution in [3.05, 3.63) is 63.9 Å². The minimum Gasteiger partial charge on any atom is -0.367 e. The number of piperazine rings is 1. The van der Waals surface area contributed by atoms with E-state index in [1.807, 2.05) is 42.2 Å². The normalized spacial score (nSPS) is 15.2. The van der Waals surface area contributed by atoms with Crippen LogP contribution in [0.1, 0.15) is 24.1 Å². The second-order valence-electron chi connectivity index (χ2n) is 6.41. The van der Waals surface area contributed by atoms with Crippen molar-refractivity contribution in [3.8, 4) is 6.07 Å². The largest absolute Gasteiger partial charge is 0.367 e. The zero-order valence-corrected chi connectivity index (χ0v) is 16.5. The molecule has 2 amide bonds. The van der Waals surface area contributed by atoms with Gasteiger partial charge in [0.2, 0.25) is 0 Å². The molecule has 2 aromatic rings. The van der Waals surface area contributed by atoms with Gasteiger partial charge in [0.1, 0.15) is 17.4 Å². The molecule has 5 nitrogen and oxygen atoms in total. The Morgan fingerprint density at radius 3 is 2.56 bits per heavy atom. The van der Waals surface area contributed by atoms with Crippen molar-refractivity contribution in [2.45, 2.75) is 13.0 Å².